The SMILES string of the molecule is CC1(CNC(=O)c2ccc(I)c(O)c2)CCCNC1. The highest BCUT2D eigenvalue weighted by Gasteiger charge is 2.27. The second kappa shape index (κ2) is 6.09. The smallest absolute Gasteiger partial charge is 0.251 e. The van der Waals surface area contributed by atoms with Gasteiger partial charge in [-0.3, -0.25) is 4.79 Å². The third-order valence-corrected chi connectivity index (χ3v) is 4.48. The number of rotatable bonds is 3. The minimum Gasteiger partial charge on any atom is -0.507 e. The number of hydrogen-bond acceptors (Lipinski definition) is 3. The van der Waals surface area contributed by atoms with E-state index in [1.807, 2.05) is 22.6 Å². The summed E-state index contributed by atoms with van der Waals surface area (Å²) in [6, 6.07) is 4.99. The van der Waals surface area contributed by atoms with E-state index in [0.717, 1.165) is 29.5 Å². The van der Waals surface area contributed by atoms with Crippen LogP contribution in [-0.2, 0) is 0 Å². The van der Waals surface area contributed by atoms with Gasteiger partial charge in [0.05, 0.1) is 3.57 Å². The molecule has 0 aliphatic carbocycles. The summed E-state index contributed by atoms with van der Waals surface area (Å²) < 4.78 is 0.748. The fraction of sp³-hybridized carbons (Fsp3) is 0.500. The number of carbonyl (C=O) groups is 1. The molecule has 0 radical (unpaired) electrons. The van der Waals surface area contributed by atoms with Crippen LogP contribution in [0, 0.1) is 8.99 Å². The first-order valence-electron chi connectivity index (χ1n) is 6.48. The molecule has 3 N–H and O–H groups in total. The highest BCUT2D eigenvalue weighted by molar-refractivity contribution is 14.1. The van der Waals surface area contributed by atoms with Crippen LogP contribution in [-0.4, -0.2) is 30.6 Å². The summed E-state index contributed by atoms with van der Waals surface area (Å²) in [5.41, 5.74) is 0.629. The van der Waals surface area contributed by atoms with E-state index in [1.54, 1.807) is 12.1 Å². The van der Waals surface area contributed by atoms with Crippen LogP contribution in [0.2, 0.25) is 0 Å². The molecule has 2 rings (SSSR count). The van der Waals surface area contributed by atoms with Gasteiger partial charge in [-0.1, -0.05) is 6.92 Å². The molecule has 1 aromatic carbocycles. The molecule has 1 fully saturated rings. The van der Waals surface area contributed by atoms with Crippen molar-refractivity contribution in [3.05, 3.63) is 27.3 Å². The van der Waals surface area contributed by atoms with Crippen LogP contribution >= 0.6 is 22.6 Å². The van der Waals surface area contributed by atoms with Crippen molar-refractivity contribution < 1.29 is 9.90 Å². The lowest BCUT2D eigenvalue weighted by Crippen LogP contribution is -2.45. The van der Waals surface area contributed by atoms with Gasteiger partial charge in [0, 0.05) is 18.7 Å². The van der Waals surface area contributed by atoms with Crippen LogP contribution in [0.5, 0.6) is 5.75 Å². The molecule has 1 heterocycles. The molecular formula is C14H19IN2O2. The second-order valence-corrected chi connectivity index (χ2v) is 6.60. The van der Waals surface area contributed by atoms with Crippen molar-refractivity contribution in [3.63, 3.8) is 0 Å². The summed E-state index contributed by atoms with van der Waals surface area (Å²) in [5.74, 6) is 0.0253. The number of nitrogens with one attached hydrogen (secondary N) is 2. The predicted octanol–water partition coefficient (Wildman–Crippen LogP) is 2.12. The zero-order chi connectivity index (χ0) is 13.9. The van der Waals surface area contributed by atoms with Gasteiger partial charge in [-0.15, -0.1) is 0 Å². The van der Waals surface area contributed by atoms with E-state index in [-0.39, 0.29) is 17.1 Å². The number of hydrogen-bond donors (Lipinski definition) is 3. The Labute approximate surface area is 127 Å². The molecule has 0 saturated carbocycles. The number of phenols is 1. The fourth-order valence-electron chi connectivity index (χ4n) is 2.32. The van der Waals surface area contributed by atoms with Crippen molar-refractivity contribution in [1.82, 2.24) is 10.6 Å². The number of amides is 1. The molecule has 1 saturated heterocycles. The van der Waals surface area contributed by atoms with E-state index in [4.69, 9.17) is 0 Å². The summed E-state index contributed by atoms with van der Waals surface area (Å²) in [7, 11) is 0. The van der Waals surface area contributed by atoms with Gasteiger partial charge in [0.1, 0.15) is 5.75 Å². The van der Waals surface area contributed by atoms with Crippen molar-refractivity contribution in [1.29, 1.82) is 0 Å². The molecule has 1 atom stereocenters. The molecule has 19 heavy (non-hydrogen) atoms. The highest BCUT2D eigenvalue weighted by Crippen LogP contribution is 2.25. The maximum Gasteiger partial charge on any atom is 0.251 e. The largest absolute Gasteiger partial charge is 0.507 e. The van der Waals surface area contributed by atoms with Gasteiger partial charge in [0.2, 0.25) is 0 Å². The van der Waals surface area contributed by atoms with Crippen LogP contribution in [0.15, 0.2) is 18.2 Å². The molecular weight excluding hydrogens is 355 g/mol. The number of carbonyl (C=O) groups excluding carboxylic acids is 1. The minimum atomic E-state index is -0.126. The first kappa shape index (κ1) is 14.6. The standard InChI is InChI=1S/C14H19IN2O2/c1-14(5-2-6-16-8-14)9-17-13(19)10-3-4-11(15)12(18)7-10/h3-4,7,16,18H,2,5-6,8-9H2,1H3,(H,17,19). The molecule has 0 bridgehead atoms. The Kier molecular flexibility index (Phi) is 4.67. The van der Waals surface area contributed by atoms with Crippen molar-refractivity contribution >= 4 is 28.5 Å². The molecule has 1 unspecified atom stereocenters. The van der Waals surface area contributed by atoms with E-state index < -0.39 is 0 Å². The molecule has 1 aromatic rings. The first-order valence-corrected chi connectivity index (χ1v) is 7.55. The van der Waals surface area contributed by atoms with Crippen LogP contribution < -0.4 is 10.6 Å². The average Bonchev–Trinajstić information content (AvgIpc) is 2.40. The Morgan fingerprint density at radius 1 is 1.58 bits per heavy atom. The van der Waals surface area contributed by atoms with Crippen LogP contribution in [0.1, 0.15) is 30.1 Å². The third kappa shape index (κ3) is 3.82. The molecule has 1 amide bonds. The quantitative estimate of drug-likeness (QED) is 0.711. The number of phenolic OH excluding ortho intramolecular Hbond substituents is 1. The lowest BCUT2D eigenvalue weighted by atomic mass is 9.83. The molecule has 0 aromatic heterocycles. The van der Waals surface area contributed by atoms with Gasteiger partial charge >= 0.3 is 0 Å². The maximum atomic E-state index is 12.0. The normalized spacial score (nSPS) is 23.1. The monoisotopic (exact) mass is 374 g/mol. The number of aromatic hydroxyl groups is 1. The van der Waals surface area contributed by atoms with Gasteiger partial charge in [0.15, 0.2) is 0 Å². The molecule has 1 aliphatic rings. The van der Waals surface area contributed by atoms with Gasteiger partial charge < -0.3 is 15.7 Å². The van der Waals surface area contributed by atoms with Crippen molar-refractivity contribution in [2.45, 2.75) is 19.8 Å². The molecule has 104 valence electrons. The Hall–Kier alpha value is -0.820. The number of piperidine rings is 1. The number of halogens is 1. The lowest BCUT2D eigenvalue weighted by molar-refractivity contribution is 0.0924. The van der Waals surface area contributed by atoms with Crippen LogP contribution in [0.4, 0.5) is 0 Å². The molecule has 1 aliphatic heterocycles. The zero-order valence-electron chi connectivity index (χ0n) is 11.0. The van der Waals surface area contributed by atoms with Crippen molar-refractivity contribution in [2.24, 2.45) is 5.41 Å². The Morgan fingerprint density at radius 3 is 3.00 bits per heavy atom. The summed E-state index contributed by atoms with van der Waals surface area (Å²) >= 11 is 2.03. The van der Waals surface area contributed by atoms with Crippen LogP contribution in [0.3, 0.4) is 0 Å². The zero-order valence-corrected chi connectivity index (χ0v) is 13.2. The highest BCUT2D eigenvalue weighted by atomic mass is 127. The first-order chi connectivity index (χ1) is 9.00. The number of benzene rings is 1. The van der Waals surface area contributed by atoms with Crippen molar-refractivity contribution in [3.8, 4) is 5.75 Å². The van der Waals surface area contributed by atoms with E-state index in [1.165, 1.54) is 6.07 Å². The molecule has 4 nitrogen and oxygen atoms in total. The Morgan fingerprint density at radius 2 is 2.37 bits per heavy atom. The Bertz CT molecular complexity index is 471. The van der Waals surface area contributed by atoms with Gasteiger partial charge in [-0.2, -0.15) is 0 Å². The predicted molar refractivity (Wildman–Crippen MR) is 83.4 cm³/mol. The molecule has 5 heteroatoms. The summed E-state index contributed by atoms with van der Waals surface area (Å²) in [5, 5.41) is 15.9. The Balaban J connectivity index is 1.95. The maximum absolute atomic E-state index is 12.0. The van der Waals surface area contributed by atoms with Crippen LogP contribution in [0.25, 0.3) is 0 Å². The van der Waals surface area contributed by atoms with Crippen molar-refractivity contribution in [2.75, 3.05) is 19.6 Å². The fourth-order valence-corrected chi connectivity index (χ4v) is 2.65. The second-order valence-electron chi connectivity index (χ2n) is 5.44. The topological polar surface area (TPSA) is 61.4 Å². The minimum absolute atomic E-state index is 0.124. The molecule has 0 spiro atoms. The van der Waals surface area contributed by atoms with Gasteiger partial charge in [-0.05, 0) is 65.6 Å². The summed E-state index contributed by atoms with van der Waals surface area (Å²) in [6.45, 7) is 4.84. The summed E-state index contributed by atoms with van der Waals surface area (Å²) in [4.78, 5) is 12.0. The lowest BCUT2D eigenvalue weighted by Gasteiger charge is -2.34. The third-order valence-electron chi connectivity index (χ3n) is 3.57. The van der Waals surface area contributed by atoms with E-state index in [0.29, 0.717) is 12.1 Å². The van der Waals surface area contributed by atoms with E-state index in [2.05, 4.69) is 17.6 Å². The average molecular weight is 374 g/mol. The van der Waals surface area contributed by atoms with E-state index in [9.17, 15) is 9.90 Å². The van der Waals surface area contributed by atoms with Gasteiger partial charge in [-0.25, -0.2) is 0 Å². The van der Waals surface area contributed by atoms with Gasteiger partial charge in [0.25, 0.3) is 5.91 Å². The van der Waals surface area contributed by atoms with E-state index >= 15 is 0 Å². The summed E-state index contributed by atoms with van der Waals surface area (Å²) in [6.07, 6.45) is 2.27.